The van der Waals surface area contributed by atoms with Crippen molar-refractivity contribution in [1.29, 1.82) is 5.26 Å². The van der Waals surface area contributed by atoms with Gasteiger partial charge in [0.05, 0.1) is 11.7 Å². The summed E-state index contributed by atoms with van der Waals surface area (Å²) in [6.45, 7) is 0. The normalized spacial score (nSPS) is 54.2. The zero-order chi connectivity index (χ0) is 15.1. The van der Waals surface area contributed by atoms with Crippen molar-refractivity contribution in [2.45, 2.75) is 75.5 Å². The molecule has 4 heteroatoms. The van der Waals surface area contributed by atoms with Crippen LogP contribution in [0.1, 0.15) is 57.8 Å². The summed E-state index contributed by atoms with van der Waals surface area (Å²) in [6, 6.07) is 2.50. The van der Waals surface area contributed by atoms with Gasteiger partial charge in [-0.3, -0.25) is 4.79 Å². The third kappa shape index (κ3) is 1.81. The molecule has 118 valence electrons. The first-order valence-corrected chi connectivity index (χ1v) is 8.92. The van der Waals surface area contributed by atoms with Crippen molar-refractivity contribution in [3.8, 4) is 6.07 Å². The van der Waals surface area contributed by atoms with Crippen LogP contribution < -0.4 is 0 Å². The largest absolute Gasteiger partial charge is 0.390 e. The summed E-state index contributed by atoms with van der Waals surface area (Å²) >= 11 is 0. The lowest BCUT2D eigenvalue weighted by atomic mass is 9.47. The van der Waals surface area contributed by atoms with Crippen molar-refractivity contribution in [3.63, 3.8) is 0 Å². The van der Waals surface area contributed by atoms with Crippen molar-refractivity contribution in [2.75, 3.05) is 0 Å². The maximum Gasteiger partial charge on any atom is 0.224 e. The fraction of sp³-hybridized carbons (Fsp3) is 0.889. The minimum Gasteiger partial charge on any atom is -0.390 e. The van der Waals surface area contributed by atoms with Crippen LogP contribution in [0.15, 0.2) is 0 Å². The molecule has 4 bridgehead atoms. The summed E-state index contributed by atoms with van der Waals surface area (Å²) in [5.74, 6) is 2.03. The van der Waals surface area contributed by atoms with Crippen LogP contribution in [-0.2, 0) is 4.79 Å². The second-order valence-electron chi connectivity index (χ2n) is 9.11. The monoisotopic (exact) mass is 300 g/mol. The van der Waals surface area contributed by atoms with E-state index in [9.17, 15) is 15.2 Å². The highest BCUT2D eigenvalue weighted by atomic mass is 16.3. The van der Waals surface area contributed by atoms with Crippen LogP contribution in [-0.4, -0.2) is 33.6 Å². The molecule has 5 saturated carbocycles. The van der Waals surface area contributed by atoms with Crippen LogP contribution in [0.2, 0.25) is 0 Å². The van der Waals surface area contributed by atoms with Gasteiger partial charge in [-0.15, -0.1) is 0 Å². The first-order chi connectivity index (χ1) is 10.5. The van der Waals surface area contributed by atoms with E-state index in [2.05, 4.69) is 6.07 Å². The Morgan fingerprint density at radius 2 is 1.91 bits per heavy atom. The summed E-state index contributed by atoms with van der Waals surface area (Å²) in [5.41, 5.74) is -0.463. The van der Waals surface area contributed by atoms with Crippen LogP contribution in [0.3, 0.4) is 0 Å². The lowest BCUT2D eigenvalue weighted by Crippen LogP contribution is -2.57. The molecule has 6 fully saturated rings. The molecule has 0 aromatic carbocycles. The van der Waals surface area contributed by atoms with Crippen LogP contribution in [0.4, 0.5) is 0 Å². The summed E-state index contributed by atoms with van der Waals surface area (Å²) in [6.07, 6.45) is 8.78. The lowest BCUT2D eigenvalue weighted by molar-refractivity contribution is -0.172. The predicted molar refractivity (Wildman–Crippen MR) is 79.4 cm³/mol. The molecule has 1 aliphatic heterocycles. The zero-order valence-corrected chi connectivity index (χ0v) is 13.0. The standard InChI is InChI=1S/C18H24N2O2/c19-9-14-2-13-3-15(13)20(14)16(21)8-17-4-11-1-12(5-17)7-18(22,6-11)10-17/h11-15,22H,1-8,10H2/t11?,12?,13-,14+,15+,17?,18?/m1/s1. The van der Waals surface area contributed by atoms with Gasteiger partial charge in [0, 0.05) is 12.5 Å². The van der Waals surface area contributed by atoms with E-state index in [0.29, 0.717) is 30.2 Å². The van der Waals surface area contributed by atoms with E-state index in [1.54, 1.807) is 0 Å². The fourth-order valence-electron chi connectivity index (χ4n) is 6.95. The van der Waals surface area contributed by atoms with Crippen LogP contribution in [0.25, 0.3) is 0 Å². The Morgan fingerprint density at radius 1 is 1.18 bits per heavy atom. The molecular weight excluding hydrogens is 276 g/mol. The number of nitrogens with zero attached hydrogens (tertiary/aromatic N) is 2. The molecule has 0 radical (unpaired) electrons. The van der Waals surface area contributed by atoms with Crippen molar-refractivity contribution in [2.24, 2.45) is 23.2 Å². The lowest BCUT2D eigenvalue weighted by Gasteiger charge is -2.60. The molecular formula is C18H24N2O2. The van der Waals surface area contributed by atoms with Crippen molar-refractivity contribution < 1.29 is 9.90 Å². The highest BCUT2D eigenvalue weighted by Crippen LogP contribution is 2.63. The van der Waals surface area contributed by atoms with Gasteiger partial charge in [-0.05, 0) is 74.5 Å². The highest BCUT2D eigenvalue weighted by Gasteiger charge is 2.59. The van der Waals surface area contributed by atoms with Gasteiger partial charge >= 0.3 is 0 Å². The number of carbonyl (C=O) groups excluding carboxylic acids is 1. The second-order valence-corrected chi connectivity index (χ2v) is 9.11. The van der Waals surface area contributed by atoms with Crippen molar-refractivity contribution >= 4 is 5.91 Å². The Kier molecular flexibility index (Phi) is 2.47. The Hall–Kier alpha value is -1.08. The Balaban J connectivity index is 1.37. The van der Waals surface area contributed by atoms with Crippen molar-refractivity contribution in [3.05, 3.63) is 0 Å². The molecule has 4 nitrogen and oxygen atoms in total. The molecule has 6 aliphatic rings. The van der Waals surface area contributed by atoms with Crippen LogP contribution in [0, 0.1) is 34.5 Å². The average molecular weight is 300 g/mol. The van der Waals surface area contributed by atoms with Gasteiger partial charge in [-0.2, -0.15) is 5.26 Å². The van der Waals surface area contributed by atoms with Gasteiger partial charge in [0.25, 0.3) is 0 Å². The number of nitriles is 1. The maximum absolute atomic E-state index is 12.9. The zero-order valence-electron chi connectivity index (χ0n) is 13.0. The minimum absolute atomic E-state index is 0.0307. The van der Waals surface area contributed by atoms with Gasteiger partial charge in [-0.25, -0.2) is 0 Å². The summed E-state index contributed by atoms with van der Waals surface area (Å²) in [5, 5.41) is 20.1. The Bertz CT molecular complexity index is 566. The number of hydrogen-bond donors (Lipinski definition) is 1. The van der Waals surface area contributed by atoms with E-state index in [4.69, 9.17) is 0 Å². The van der Waals surface area contributed by atoms with E-state index < -0.39 is 5.60 Å². The summed E-state index contributed by atoms with van der Waals surface area (Å²) in [4.78, 5) is 14.8. The molecule has 1 amide bonds. The molecule has 0 aromatic rings. The number of carbonyl (C=O) groups is 1. The molecule has 0 aromatic heterocycles. The maximum atomic E-state index is 12.9. The first-order valence-electron chi connectivity index (χ1n) is 8.92. The number of likely N-dealkylation sites (tertiary alicyclic amines) is 1. The molecule has 5 atom stereocenters. The molecule has 1 saturated heterocycles. The minimum atomic E-state index is -0.494. The van der Waals surface area contributed by atoms with Gasteiger partial charge < -0.3 is 10.0 Å². The van der Waals surface area contributed by atoms with E-state index in [1.165, 1.54) is 6.42 Å². The number of aliphatic hydroxyl groups is 1. The van der Waals surface area contributed by atoms with Gasteiger partial charge in [0.1, 0.15) is 6.04 Å². The molecule has 5 aliphatic carbocycles. The SMILES string of the molecule is N#C[C@@H]1C[C@@H]2C[C@@H]2N1C(=O)CC12CC3CC(CC(O)(C3)C1)C2. The van der Waals surface area contributed by atoms with Crippen molar-refractivity contribution in [1.82, 2.24) is 4.90 Å². The van der Waals surface area contributed by atoms with E-state index in [1.807, 2.05) is 4.90 Å². The van der Waals surface area contributed by atoms with Crippen LogP contribution >= 0.6 is 0 Å². The van der Waals surface area contributed by atoms with E-state index >= 15 is 0 Å². The number of fused-ring (bicyclic) bond motifs is 1. The number of piperidine rings is 1. The molecule has 1 N–H and O–H groups in total. The molecule has 0 spiro atoms. The van der Waals surface area contributed by atoms with E-state index in [0.717, 1.165) is 44.9 Å². The second kappa shape index (κ2) is 4.06. The summed E-state index contributed by atoms with van der Waals surface area (Å²) in [7, 11) is 0. The van der Waals surface area contributed by atoms with Gasteiger partial charge in [0.2, 0.25) is 5.91 Å². The Morgan fingerprint density at radius 3 is 2.55 bits per heavy atom. The molecule has 2 unspecified atom stereocenters. The predicted octanol–water partition coefficient (Wildman–Crippen LogP) is 2.22. The molecule has 22 heavy (non-hydrogen) atoms. The third-order valence-electron chi connectivity index (χ3n) is 7.22. The number of hydrogen-bond acceptors (Lipinski definition) is 3. The quantitative estimate of drug-likeness (QED) is 0.850. The Labute approximate surface area is 131 Å². The van der Waals surface area contributed by atoms with Gasteiger partial charge in [-0.1, -0.05) is 0 Å². The highest BCUT2D eigenvalue weighted by molar-refractivity contribution is 5.79. The first kappa shape index (κ1) is 13.4. The summed E-state index contributed by atoms with van der Waals surface area (Å²) < 4.78 is 0. The number of amides is 1. The van der Waals surface area contributed by atoms with Crippen LogP contribution in [0.5, 0.6) is 0 Å². The fourth-order valence-corrected chi connectivity index (χ4v) is 6.95. The molecule has 6 rings (SSSR count). The smallest absolute Gasteiger partial charge is 0.224 e. The third-order valence-corrected chi connectivity index (χ3v) is 7.22. The topological polar surface area (TPSA) is 64.3 Å². The number of rotatable bonds is 2. The van der Waals surface area contributed by atoms with E-state index in [-0.39, 0.29) is 17.4 Å². The van der Waals surface area contributed by atoms with Gasteiger partial charge in [0.15, 0.2) is 0 Å². The average Bonchev–Trinajstić information content (AvgIpc) is 3.05. The molecule has 1 heterocycles.